The Hall–Kier alpha value is -1.93. The van der Waals surface area contributed by atoms with Crippen LogP contribution >= 0.6 is 11.3 Å². The van der Waals surface area contributed by atoms with Crippen LogP contribution in [0.5, 0.6) is 0 Å². The molecular weight excluding hydrogens is 316 g/mol. The van der Waals surface area contributed by atoms with Gasteiger partial charge in [0.25, 0.3) is 5.91 Å². The molecule has 1 aliphatic heterocycles. The van der Waals surface area contributed by atoms with Crippen molar-refractivity contribution in [3.8, 4) is 0 Å². The first kappa shape index (κ1) is 17.4. The van der Waals surface area contributed by atoms with E-state index >= 15 is 0 Å². The molecule has 2 rings (SSSR count). The molecule has 0 saturated carbocycles. The molecule has 2 N–H and O–H groups in total. The van der Waals surface area contributed by atoms with E-state index in [1.165, 1.54) is 18.4 Å². The second-order valence-corrected chi connectivity index (χ2v) is 6.29. The molecule has 0 aromatic carbocycles. The van der Waals surface area contributed by atoms with Crippen LogP contribution in [-0.2, 0) is 4.79 Å². The quantitative estimate of drug-likeness (QED) is 0.848. The van der Waals surface area contributed by atoms with Crippen LogP contribution < -0.4 is 10.6 Å². The van der Waals surface area contributed by atoms with E-state index in [1.807, 2.05) is 22.4 Å². The average Bonchev–Trinajstić information content (AvgIpc) is 2.98. The fraction of sp³-hybridized carbons (Fsp3) is 0.533. The van der Waals surface area contributed by atoms with Gasteiger partial charge in [-0.25, -0.2) is 4.79 Å². The first-order valence-electron chi connectivity index (χ1n) is 7.67. The Morgan fingerprint density at radius 2 is 2.04 bits per heavy atom. The minimum atomic E-state index is -0.487. The number of hydrogen-bond acceptors (Lipinski definition) is 5. The molecular formula is C15H22N4O3S. The van der Waals surface area contributed by atoms with Gasteiger partial charge in [-0.15, -0.1) is 11.3 Å². The molecule has 2 heterocycles. The minimum absolute atomic E-state index is 0.0826. The number of carbonyl (C=O) groups excluding carboxylic acids is 3. The highest BCUT2D eigenvalue weighted by Gasteiger charge is 2.21. The van der Waals surface area contributed by atoms with E-state index in [-0.39, 0.29) is 18.2 Å². The lowest BCUT2D eigenvalue weighted by Gasteiger charge is -2.21. The van der Waals surface area contributed by atoms with E-state index in [0.717, 1.165) is 30.9 Å². The van der Waals surface area contributed by atoms with E-state index < -0.39 is 6.03 Å². The lowest BCUT2D eigenvalue weighted by Crippen LogP contribution is -2.40. The van der Waals surface area contributed by atoms with Gasteiger partial charge < -0.3 is 15.1 Å². The Kier molecular flexibility index (Phi) is 6.54. The van der Waals surface area contributed by atoms with Crippen molar-refractivity contribution in [2.45, 2.75) is 12.8 Å². The van der Waals surface area contributed by atoms with Crippen LogP contribution in [0.15, 0.2) is 17.5 Å². The third kappa shape index (κ3) is 5.33. The maximum Gasteiger partial charge on any atom is 0.321 e. The van der Waals surface area contributed by atoms with E-state index in [4.69, 9.17) is 0 Å². The summed E-state index contributed by atoms with van der Waals surface area (Å²) in [6.07, 6.45) is 1.15. The maximum absolute atomic E-state index is 12.4. The summed E-state index contributed by atoms with van der Waals surface area (Å²) in [5.41, 5.74) is 0. The van der Waals surface area contributed by atoms with Gasteiger partial charge >= 0.3 is 6.03 Å². The van der Waals surface area contributed by atoms with Crippen LogP contribution in [0.25, 0.3) is 0 Å². The number of carbonyl (C=O) groups is 3. The molecule has 126 valence electrons. The molecule has 0 unspecified atom stereocenters. The van der Waals surface area contributed by atoms with Gasteiger partial charge in [0.15, 0.2) is 0 Å². The molecule has 1 fully saturated rings. The zero-order valence-electron chi connectivity index (χ0n) is 13.2. The second kappa shape index (κ2) is 8.64. The summed E-state index contributed by atoms with van der Waals surface area (Å²) in [4.78, 5) is 39.8. The van der Waals surface area contributed by atoms with Crippen LogP contribution in [0.4, 0.5) is 4.79 Å². The number of thiophene rings is 1. The Labute approximate surface area is 139 Å². The standard InChI is InChI=1S/C15H22N4O3S/c1-16-15(22)17-13(20)5-8-18-6-3-7-19(10-9-18)14(21)12-4-2-11-23-12/h2,4,11H,3,5-10H2,1H3,(H2,16,17,20,22). The Bertz CT molecular complexity index is 547. The summed E-state index contributed by atoms with van der Waals surface area (Å²) < 4.78 is 0. The second-order valence-electron chi connectivity index (χ2n) is 5.34. The summed E-state index contributed by atoms with van der Waals surface area (Å²) in [6.45, 7) is 3.57. The Balaban J connectivity index is 1.76. The number of nitrogens with one attached hydrogen (secondary N) is 2. The molecule has 8 heteroatoms. The highest BCUT2D eigenvalue weighted by molar-refractivity contribution is 7.12. The SMILES string of the molecule is CNC(=O)NC(=O)CCN1CCCN(C(=O)c2cccs2)CC1. The summed E-state index contributed by atoms with van der Waals surface area (Å²) in [5.74, 6) is -0.209. The molecule has 7 nitrogen and oxygen atoms in total. The maximum atomic E-state index is 12.4. The van der Waals surface area contributed by atoms with Crippen LogP contribution in [0.2, 0.25) is 0 Å². The van der Waals surface area contributed by atoms with Crippen molar-refractivity contribution >= 4 is 29.2 Å². The first-order valence-corrected chi connectivity index (χ1v) is 8.55. The van der Waals surface area contributed by atoms with Crippen LogP contribution in [-0.4, -0.2) is 67.4 Å². The fourth-order valence-corrected chi connectivity index (χ4v) is 3.16. The summed E-state index contributed by atoms with van der Waals surface area (Å²) in [6, 6.07) is 3.24. The number of urea groups is 1. The lowest BCUT2D eigenvalue weighted by molar-refractivity contribution is -0.120. The van der Waals surface area contributed by atoms with Gasteiger partial charge in [-0.05, 0) is 24.4 Å². The number of imide groups is 1. The molecule has 23 heavy (non-hydrogen) atoms. The molecule has 0 aliphatic carbocycles. The predicted octanol–water partition coefficient (Wildman–Crippen LogP) is 0.742. The molecule has 0 atom stereocenters. The summed E-state index contributed by atoms with van der Waals surface area (Å²) in [5, 5.41) is 6.50. The summed E-state index contributed by atoms with van der Waals surface area (Å²) in [7, 11) is 1.47. The van der Waals surface area contributed by atoms with Crippen LogP contribution in [0.1, 0.15) is 22.5 Å². The number of hydrogen-bond donors (Lipinski definition) is 2. The van der Waals surface area contributed by atoms with Crippen molar-refractivity contribution in [1.82, 2.24) is 20.4 Å². The average molecular weight is 338 g/mol. The monoisotopic (exact) mass is 338 g/mol. The zero-order valence-corrected chi connectivity index (χ0v) is 14.0. The molecule has 0 bridgehead atoms. The topological polar surface area (TPSA) is 81.8 Å². The number of rotatable bonds is 4. The van der Waals surface area contributed by atoms with E-state index in [9.17, 15) is 14.4 Å². The van der Waals surface area contributed by atoms with Gasteiger partial charge in [-0.1, -0.05) is 6.07 Å². The van der Waals surface area contributed by atoms with Crippen molar-refractivity contribution in [3.05, 3.63) is 22.4 Å². The zero-order chi connectivity index (χ0) is 16.7. The van der Waals surface area contributed by atoms with Crippen LogP contribution in [0.3, 0.4) is 0 Å². The molecule has 0 spiro atoms. The highest BCUT2D eigenvalue weighted by Crippen LogP contribution is 2.14. The molecule has 4 amide bonds. The van der Waals surface area contributed by atoms with Crippen molar-refractivity contribution in [3.63, 3.8) is 0 Å². The minimum Gasteiger partial charge on any atom is -0.341 e. The number of amides is 4. The van der Waals surface area contributed by atoms with E-state index in [2.05, 4.69) is 15.5 Å². The number of nitrogens with zero attached hydrogens (tertiary/aromatic N) is 2. The van der Waals surface area contributed by atoms with Gasteiger partial charge in [0.1, 0.15) is 0 Å². The van der Waals surface area contributed by atoms with Gasteiger partial charge in [0, 0.05) is 39.6 Å². The van der Waals surface area contributed by atoms with Gasteiger partial charge in [0.2, 0.25) is 5.91 Å². The molecule has 0 radical (unpaired) electrons. The first-order chi connectivity index (χ1) is 11.1. The third-order valence-corrected chi connectivity index (χ3v) is 4.60. The Morgan fingerprint density at radius 1 is 1.22 bits per heavy atom. The highest BCUT2D eigenvalue weighted by atomic mass is 32.1. The van der Waals surface area contributed by atoms with Crippen molar-refractivity contribution in [2.24, 2.45) is 0 Å². The van der Waals surface area contributed by atoms with E-state index in [1.54, 1.807) is 0 Å². The largest absolute Gasteiger partial charge is 0.341 e. The van der Waals surface area contributed by atoms with Crippen LogP contribution in [0, 0.1) is 0 Å². The predicted molar refractivity (Wildman–Crippen MR) is 88.5 cm³/mol. The van der Waals surface area contributed by atoms with Crippen molar-refractivity contribution in [2.75, 3.05) is 39.8 Å². The van der Waals surface area contributed by atoms with Gasteiger partial charge in [0.05, 0.1) is 4.88 Å². The molecule has 1 aromatic heterocycles. The lowest BCUT2D eigenvalue weighted by atomic mass is 10.3. The normalized spacial score (nSPS) is 15.8. The Morgan fingerprint density at radius 3 is 2.74 bits per heavy atom. The summed E-state index contributed by atoms with van der Waals surface area (Å²) >= 11 is 1.46. The molecule has 1 aromatic rings. The van der Waals surface area contributed by atoms with Crippen molar-refractivity contribution < 1.29 is 14.4 Å². The van der Waals surface area contributed by atoms with E-state index in [0.29, 0.717) is 13.1 Å². The van der Waals surface area contributed by atoms with Gasteiger partial charge in [-0.2, -0.15) is 0 Å². The van der Waals surface area contributed by atoms with Crippen molar-refractivity contribution in [1.29, 1.82) is 0 Å². The smallest absolute Gasteiger partial charge is 0.321 e. The molecule has 1 saturated heterocycles. The molecule has 1 aliphatic rings. The third-order valence-electron chi connectivity index (χ3n) is 3.74. The van der Waals surface area contributed by atoms with Gasteiger partial charge in [-0.3, -0.25) is 14.9 Å². The fourth-order valence-electron chi connectivity index (χ4n) is 2.46.